The lowest BCUT2D eigenvalue weighted by atomic mass is 10.2. The molecule has 1 aliphatic rings. The second-order valence-corrected chi connectivity index (χ2v) is 4.03. The second kappa shape index (κ2) is 3.59. The van der Waals surface area contributed by atoms with Crippen molar-refractivity contribution in [1.82, 2.24) is 0 Å². The Morgan fingerprint density at radius 1 is 1.43 bits per heavy atom. The molecule has 0 fully saturated rings. The van der Waals surface area contributed by atoms with E-state index in [-0.39, 0.29) is 6.29 Å². The Hall–Kier alpha value is -1.07. The van der Waals surface area contributed by atoms with E-state index in [1.165, 1.54) is 0 Å². The first-order valence-electron chi connectivity index (χ1n) is 4.22. The van der Waals surface area contributed by atoms with Gasteiger partial charge in [-0.3, -0.25) is 0 Å². The van der Waals surface area contributed by atoms with E-state index in [1.54, 1.807) is 31.0 Å². The number of thioether (sulfide) groups is 1. The molecule has 0 amide bonds. The highest BCUT2D eigenvalue weighted by atomic mass is 32.2. The zero-order valence-electron chi connectivity index (χ0n) is 7.82. The van der Waals surface area contributed by atoms with Crippen molar-refractivity contribution in [2.45, 2.75) is 11.2 Å². The molecule has 4 nitrogen and oxygen atoms in total. The fourth-order valence-corrected chi connectivity index (χ4v) is 2.34. The van der Waals surface area contributed by atoms with E-state index < -0.39 is 0 Å². The van der Waals surface area contributed by atoms with Gasteiger partial charge in [0.2, 0.25) is 6.29 Å². The smallest absolute Gasteiger partial charge is 0.209 e. The quantitative estimate of drug-likeness (QED) is 0.687. The van der Waals surface area contributed by atoms with Gasteiger partial charge in [0.05, 0.1) is 16.3 Å². The molecule has 0 saturated heterocycles. The van der Waals surface area contributed by atoms with Gasteiger partial charge in [-0.1, -0.05) is 0 Å². The highest BCUT2D eigenvalue weighted by Crippen LogP contribution is 2.43. The summed E-state index contributed by atoms with van der Waals surface area (Å²) < 4.78 is 10.6. The van der Waals surface area contributed by atoms with Crippen LogP contribution in [-0.4, -0.2) is 19.2 Å². The largest absolute Gasteiger partial charge is 0.461 e. The molecule has 0 spiro atoms. The average Bonchev–Trinajstić information content (AvgIpc) is 2.23. The van der Waals surface area contributed by atoms with Crippen molar-refractivity contribution in [2.75, 3.05) is 24.3 Å². The highest BCUT2D eigenvalue weighted by Gasteiger charge is 2.23. The summed E-state index contributed by atoms with van der Waals surface area (Å²) in [6.45, 7) is 0. The lowest BCUT2D eigenvalue weighted by Gasteiger charge is -2.26. The lowest BCUT2D eigenvalue weighted by Crippen LogP contribution is -2.25. The van der Waals surface area contributed by atoms with Crippen LogP contribution in [0.5, 0.6) is 5.75 Å². The van der Waals surface area contributed by atoms with Gasteiger partial charge < -0.3 is 20.9 Å². The van der Waals surface area contributed by atoms with Gasteiger partial charge in [0.15, 0.2) is 5.75 Å². The second-order valence-electron chi connectivity index (χ2n) is 3.00. The summed E-state index contributed by atoms with van der Waals surface area (Å²) in [7, 11) is 1.61. The fourth-order valence-electron chi connectivity index (χ4n) is 1.30. The van der Waals surface area contributed by atoms with Crippen molar-refractivity contribution in [3.05, 3.63) is 12.1 Å². The first-order valence-corrected chi connectivity index (χ1v) is 5.21. The highest BCUT2D eigenvalue weighted by molar-refractivity contribution is 7.99. The van der Waals surface area contributed by atoms with Crippen LogP contribution >= 0.6 is 11.8 Å². The fraction of sp³-hybridized carbons (Fsp3) is 0.333. The molecule has 1 aliphatic heterocycles. The Balaban J connectivity index is 2.40. The first kappa shape index (κ1) is 9.48. The molecule has 0 aliphatic carbocycles. The van der Waals surface area contributed by atoms with E-state index >= 15 is 0 Å². The van der Waals surface area contributed by atoms with Crippen LogP contribution in [0.1, 0.15) is 0 Å². The van der Waals surface area contributed by atoms with Crippen LogP contribution < -0.4 is 16.2 Å². The Labute approximate surface area is 86.6 Å². The van der Waals surface area contributed by atoms with Crippen molar-refractivity contribution in [2.24, 2.45) is 0 Å². The van der Waals surface area contributed by atoms with Crippen LogP contribution in [-0.2, 0) is 4.74 Å². The molecule has 0 saturated carbocycles. The maximum Gasteiger partial charge on any atom is 0.209 e. The van der Waals surface area contributed by atoms with Gasteiger partial charge in [-0.2, -0.15) is 0 Å². The average molecular weight is 212 g/mol. The first-order chi connectivity index (χ1) is 6.72. The maximum atomic E-state index is 5.80. The van der Waals surface area contributed by atoms with E-state index in [2.05, 4.69) is 0 Å². The van der Waals surface area contributed by atoms with Gasteiger partial charge in [-0.15, -0.1) is 11.8 Å². The number of anilines is 2. The van der Waals surface area contributed by atoms with Crippen LogP contribution in [0.2, 0.25) is 0 Å². The molecule has 1 aromatic rings. The molecule has 1 heterocycles. The Morgan fingerprint density at radius 3 is 2.86 bits per heavy atom. The van der Waals surface area contributed by atoms with Gasteiger partial charge in [-0.25, -0.2) is 0 Å². The molecular weight excluding hydrogens is 200 g/mol. The molecule has 0 aromatic heterocycles. The number of hydrogen-bond acceptors (Lipinski definition) is 5. The van der Waals surface area contributed by atoms with Crippen molar-refractivity contribution >= 4 is 23.1 Å². The number of hydrogen-bond donors (Lipinski definition) is 2. The summed E-state index contributed by atoms with van der Waals surface area (Å²) >= 11 is 1.61. The third kappa shape index (κ3) is 1.49. The van der Waals surface area contributed by atoms with E-state index in [4.69, 9.17) is 20.9 Å². The summed E-state index contributed by atoms with van der Waals surface area (Å²) in [4.78, 5) is 0.915. The van der Waals surface area contributed by atoms with Gasteiger partial charge in [0, 0.05) is 12.8 Å². The molecule has 4 N–H and O–H groups in total. The Morgan fingerprint density at radius 2 is 2.14 bits per heavy atom. The van der Waals surface area contributed by atoms with E-state index in [1.807, 2.05) is 0 Å². The van der Waals surface area contributed by atoms with Crippen molar-refractivity contribution < 1.29 is 9.47 Å². The zero-order valence-corrected chi connectivity index (χ0v) is 8.64. The number of ether oxygens (including phenoxy) is 2. The number of nitrogen functional groups attached to an aromatic ring is 2. The third-order valence-electron chi connectivity index (χ3n) is 2.05. The topological polar surface area (TPSA) is 70.5 Å². The van der Waals surface area contributed by atoms with Crippen LogP contribution in [0.4, 0.5) is 11.4 Å². The lowest BCUT2D eigenvalue weighted by molar-refractivity contribution is -0.0380. The molecule has 1 atom stereocenters. The molecule has 2 rings (SSSR count). The summed E-state index contributed by atoms with van der Waals surface area (Å²) in [6.07, 6.45) is -0.239. The number of methoxy groups -OCH3 is 1. The number of benzene rings is 1. The van der Waals surface area contributed by atoms with Crippen molar-refractivity contribution in [1.29, 1.82) is 0 Å². The number of rotatable bonds is 1. The van der Waals surface area contributed by atoms with Crippen LogP contribution in [0.3, 0.4) is 0 Å². The number of fused-ring (bicyclic) bond motifs is 1. The number of nitrogens with two attached hydrogens (primary N) is 2. The summed E-state index contributed by atoms with van der Waals surface area (Å²) in [6, 6.07) is 3.53. The van der Waals surface area contributed by atoms with Crippen LogP contribution in [0, 0.1) is 0 Å². The van der Waals surface area contributed by atoms with Crippen LogP contribution in [0.25, 0.3) is 0 Å². The summed E-state index contributed by atoms with van der Waals surface area (Å²) in [5, 5.41) is 0. The zero-order chi connectivity index (χ0) is 10.1. The Bertz CT molecular complexity index is 357. The normalized spacial score (nSPS) is 19.9. The summed E-state index contributed by atoms with van der Waals surface area (Å²) in [5.41, 5.74) is 12.9. The Kier molecular flexibility index (Phi) is 2.43. The maximum absolute atomic E-state index is 5.80. The SMILES string of the molecule is COC1CSc2c(N)ccc(N)c2O1. The molecule has 0 radical (unpaired) electrons. The minimum atomic E-state index is -0.239. The van der Waals surface area contributed by atoms with E-state index in [9.17, 15) is 0 Å². The van der Waals surface area contributed by atoms with Crippen LogP contribution in [0.15, 0.2) is 17.0 Å². The predicted molar refractivity (Wildman–Crippen MR) is 57.4 cm³/mol. The molecular formula is C9H12N2O2S. The van der Waals surface area contributed by atoms with E-state index in [0.717, 1.165) is 10.6 Å². The minimum absolute atomic E-state index is 0.239. The van der Waals surface area contributed by atoms with Gasteiger partial charge >= 0.3 is 0 Å². The molecule has 0 bridgehead atoms. The van der Waals surface area contributed by atoms with E-state index in [0.29, 0.717) is 17.1 Å². The molecule has 5 heteroatoms. The monoisotopic (exact) mass is 212 g/mol. The standard InChI is InChI=1S/C9H12N2O2S/c1-12-7-4-14-9-6(11)3-2-5(10)8(9)13-7/h2-3,7H,4,10-11H2,1H3. The molecule has 76 valence electrons. The molecule has 1 aromatic carbocycles. The summed E-state index contributed by atoms with van der Waals surface area (Å²) in [5.74, 6) is 1.38. The third-order valence-corrected chi connectivity index (χ3v) is 3.20. The molecule has 14 heavy (non-hydrogen) atoms. The van der Waals surface area contributed by atoms with Crippen molar-refractivity contribution in [3.8, 4) is 5.75 Å². The van der Waals surface area contributed by atoms with Gasteiger partial charge in [0.1, 0.15) is 0 Å². The van der Waals surface area contributed by atoms with Gasteiger partial charge in [-0.05, 0) is 12.1 Å². The van der Waals surface area contributed by atoms with Gasteiger partial charge in [0.25, 0.3) is 0 Å². The predicted octanol–water partition coefficient (Wildman–Crippen LogP) is 1.31. The molecule has 1 unspecified atom stereocenters. The van der Waals surface area contributed by atoms with Crippen molar-refractivity contribution in [3.63, 3.8) is 0 Å². The minimum Gasteiger partial charge on any atom is -0.461 e.